The summed E-state index contributed by atoms with van der Waals surface area (Å²) < 4.78 is 0. The van der Waals surface area contributed by atoms with E-state index in [-0.39, 0.29) is 6.61 Å². The van der Waals surface area contributed by atoms with Crippen molar-refractivity contribution in [3.8, 4) is 0 Å². The molecule has 0 saturated carbocycles. The first-order valence-electron chi connectivity index (χ1n) is 5.18. The van der Waals surface area contributed by atoms with E-state index < -0.39 is 0 Å². The number of aliphatic hydroxyl groups is 1. The molecule has 0 amide bonds. The number of aliphatic hydroxyl groups excluding tert-OH is 1. The minimum Gasteiger partial charge on any atom is -0.392 e. The van der Waals surface area contributed by atoms with Crippen molar-refractivity contribution < 1.29 is 5.11 Å². The Morgan fingerprint density at radius 3 is 2.29 bits per heavy atom. The molecule has 2 N–H and O–H groups in total. The number of hydrogen-bond donors (Lipinski definition) is 2. The summed E-state index contributed by atoms with van der Waals surface area (Å²) in [5.74, 6) is 0. The van der Waals surface area contributed by atoms with Crippen molar-refractivity contribution in [2.24, 2.45) is 0 Å². The van der Waals surface area contributed by atoms with E-state index in [4.69, 9.17) is 5.11 Å². The Kier molecular flexibility index (Phi) is 4.63. The summed E-state index contributed by atoms with van der Waals surface area (Å²) in [6, 6.07) is 8.61. The fourth-order valence-electron chi connectivity index (χ4n) is 1.20. The van der Waals surface area contributed by atoms with Crippen LogP contribution in [0, 0.1) is 0 Å². The number of rotatable bonds is 5. The maximum Gasteiger partial charge on any atom is 0.0681 e. The molecule has 1 unspecified atom stereocenters. The lowest BCUT2D eigenvalue weighted by molar-refractivity contribution is 0.282. The molecule has 0 aliphatic heterocycles. The summed E-state index contributed by atoms with van der Waals surface area (Å²) in [6.45, 7) is 5.38. The van der Waals surface area contributed by atoms with Gasteiger partial charge in [-0.25, -0.2) is 0 Å². The van der Waals surface area contributed by atoms with E-state index in [0.717, 1.165) is 18.5 Å². The number of hydrogen-bond acceptors (Lipinski definition) is 2. The first-order valence-corrected chi connectivity index (χ1v) is 5.18. The molecule has 1 aromatic rings. The molecule has 14 heavy (non-hydrogen) atoms. The van der Waals surface area contributed by atoms with Crippen LogP contribution < -0.4 is 5.32 Å². The van der Waals surface area contributed by atoms with Gasteiger partial charge >= 0.3 is 0 Å². The molecule has 0 spiro atoms. The van der Waals surface area contributed by atoms with Crippen LogP contribution >= 0.6 is 0 Å². The van der Waals surface area contributed by atoms with Crippen LogP contribution in [0.4, 0.5) is 0 Å². The molecule has 0 fully saturated rings. The molecule has 0 bridgehead atoms. The van der Waals surface area contributed by atoms with Gasteiger partial charge < -0.3 is 10.4 Å². The second kappa shape index (κ2) is 5.78. The SMILES string of the molecule is CCC(C)NCc1ccc(CO)cc1. The number of nitrogens with one attached hydrogen (secondary N) is 1. The van der Waals surface area contributed by atoms with Gasteiger partial charge in [0.2, 0.25) is 0 Å². The Hall–Kier alpha value is -0.860. The molecule has 1 atom stereocenters. The lowest BCUT2D eigenvalue weighted by Crippen LogP contribution is -2.24. The van der Waals surface area contributed by atoms with E-state index >= 15 is 0 Å². The Labute approximate surface area is 86.0 Å². The first-order chi connectivity index (χ1) is 6.76. The number of benzene rings is 1. The van der Waals surface area contributed by atoms with E-state index in [1.165, 1.54) is 5.56 Å². The quantitative estimate of drug-likeness (QED) is 0.750. The molecule has 0 heterocycles. The molecule has 2 heteroatoms. The summed E-state index contributed by atoms with van der Waals surface area (Å²) >= 11 is 0. The third kappa shape index (κ3) is 3.48. The molecule has 0 aromatic heterocycles. The van der Waals surface area contributed by atoms with Crippen LogP contribution in [-0.4, -0.2) is 11.1 Å². The monoisotopic (exact) mass is 193 g/mol. The van der Waals surface area contributed by atoms with Crippen molar-refractivity contribution in [1.82, 2.24) is 5.32 Å². The highest BCUT2D eigenvalue weighted by molar-refractivity contribution is 5.21. The lowest BCUT2D eigenvalue weighted by atomic mass is 10.1. The zero-order valence-corrected chi connectivity index (χ0v) is 8.96. The molecule has 2 nitrogen and oxygen atoms in total. The standard InChI is InChI=1S/C12H19NO/c1-3-10(2)13-8-11-4-6-12(9-14)7-5-11/h4-7,10,13-14H,3,8-9H2,1-2H3. The zero-order valence-electron chi connectivity index (χ0n) is 8.96. The molecule has 0 radical (unpaired) electrons. The fourth-order valence-corrected chi connectivity index (χ4v) is 1.20. The summed E-state index contributed by atoms with van der Waals surface area (Å²) in [4.78, 5) is 0. The van der Waals surface area contributed by atoms with E-state index in [2.05, 4.69) is 31.3 Å². The molecule has 0 aliphatic rings. The van der Waals surface area contributed by atoms with E-state index in [0.29, 0.717) is 6.04 Å². The van der Waals surface area contributed by atoms with Crippen molar-refractivity contribution in [1.29, 1.82) is 0 Å². The van der Waals surface area contributed by atoms with Crippen LogP contribution in [0.3, 0.4) is 0 Å². The minimum atomic E-state index is 0.124. The van der Waals surface area contributed by atoms with Crippen LogP contribution in [0.2, 0.25) is 0 Å². The van der Waals surface area contributed by atoms with Gasteiger partial charge in [-0.05, 0) is 24.5 Å². The van der Waals surface area contributed by atoms with Gasteiger partial charge in [0.1, 0.15) is 0 Å². The second-order valence-corrected chi connectivity index (χ2v) is 3.66. The normalized spacial score (nSPS) is 12.8. The molecule has 0 aliphatic carbocycles. The Morgan fingerprint density at radius 1 is 1.21 bits per heavy atom. The summed E-state index contributed by atoms with van der Waals surface area (Å²) in [5.41, 5.74) is 2.24. The molecule has 78 valence electrons. The smallest absolute Gasteiger partial charge is 0.0681 e. The van der Waals surface area contributed by atoms with Crippen molar-refractivity contribution in [3.05, 3.63) is 35.4 Å². The van der Waals surface area contributed by atoms with Crippen LogP contribution in [0.1, 0.15) is 31.4 Å². The summed E-state index contributed by atoms with van der Waals surface area (Å²) in [5, 5.41) is 12.3. The third-order valence-electron chi connectivity index (χ3n) is 2.47. The maximum absolute atomic E-state index is 8.87. The van der Waals surface area contributed by atoms with Gasteiger partial charge in [0.15, 0.2) is 0 Å². The average molecular weight is 193 g/mol. The minimum absolute atomic E-state index is 0.124. The zero-order chi connectivity index (χ0) is 10.4. The van der Waals surface area contributed by atoms with Gasteiger partial charge in [-0.3, -0.25) is 0 Å². The van der Waals surface area contributed by atoms with Crippen molar-refractivity contribution in [2.45, 2.75) is 39.5 Å². The highest BCUT2D eigenvalue weighted by Crippen LogP contribution is 2.04. The topological polar surface area (TPSA) is 32.3 Å². The lowest BCUT2D eigenvalue weighted by Gasteiger charge is -2.11. The van der Waals surface area contributed by atoms with Gasteiger partial charge in [0.05, 0.1) is 6.61 Å². The largest absolute Gasteiger partial charge is 0.392 e. The van der Waals surface area contributed by atoms with Crippen LogP contribution in [-0.2, 0) is 13.2 Å². The van der Waals surface area contributed by atoms with Gasteiger partial charge in [0, 0.05) is 12.6 Å². The molecular formula is C12H19NO. The van der Waals surface area contributed by atoms with Crippen LogP contribution in [0.25, 0.3) is 0 Å². The van der Waals surface area contributed by atoms with Crippen molar-refractivity contribution in [3.63, 3.8) is 0 Å². The molecule has 1 rings (SSSR count). The Morgan fingerprint density at radius 2 is 1.79 bits per heavy atom. The predicted molar refractivity (Wildman–Crippen MR) is 59.0 cm³/mol. The van der Waals surface area contributed by atoms with Gasteiger partial charge in [-0.2, -0.15) is 0 Å². The predicted octanol–water partition coefficient (Wildman–Crippen LogP) is 2.07. The third-order valence-corrected chi connectivity index (χ3v) is 2.47. The molecule has 1 aromatic carbocycles. The van der Waals surface area contributed by atoms with E-state index in [9.17, 15) is 0 Å². The van der Waals surface area contributed by atoms with Gasteiger partial charge in [-0.15, -0.1) is 0 Å². The summed E-state index contributed by atoms with van der Waals surface area (Å²) in [6.07, 6.45) is 1.15. The van der Waals surface area contributed by atoms with Crippen molar-refractivity contribution >= 4 is 0 Å². The Bertz CT molecular complexity index is 256. The fraction of sp³-hybridized carbons (Fsp3) is 0.500. The highest BCUT2D eigenvalue weighted by Gasteiger charge is 1.98. The van der Waals surface area contributed by atoms with Crippen molar-refractivity contribution in [2.75, 3.05) is 0 Å². The first kappa shape index (κ1) is 11.2. The van der Waals surface area contributed by atoms with E-state index in [1.54, 1.807) is 0 Å². The second-order valence-electron chi connectivity index (χ2n) is 3.66. The highest BCUT2D eigenvalue weighted by atomic mass is 16.3. The van der Waals surface area contributed by atoms with E-state index in [1.807, 2.05) is 12.1 Å². The van der Waals surface area contributed by atoms with Crippen LogP contribution in [0.15, 0.2) is 24.3 Å². The summed E-state index contributed by atoms with van der Waals surface area (Å²) in [7, 11) is 0. The molecular weight excluding hydrogens is 174 g/mol. The Balaban J connectivity index is 2.43. The maximum atomic E-state index is 8.87. The van der Waals surface area contributed by atoms with Gasteiger partial charge in [-0.1, -0.05) is 31.2 Å². The van der Waals surface area contributed by atoms with Crippen LogP contribution in [0.5, 0.6) is 0 Å². The average Bonchev–Trinajstić information content (AvgIpc) is 2.26. The van der Waals surface area contributed by atoms with Gasteiger partial charge in [0.25, 0.3) is 0 Å². The molecule has 0 saturated heterocycles.